The quantitative estimate of drug-likeness (QED) is 0.516. The van der Waals surface area contributed by atoms with E-state index in [0.717, 1.165) is 0 Å². The van der Waals surface area contributed by atoms with E-state index < -0.39 is 26.1 Å². The fourth-order valence-electron chi connectivity index (χ4n) is 4.47. The van der Waals surface area contributed by atoms with E-state index in [1.807, 2.05) is 0 Å². The Kier molecular flexibility index (Phi) is 5.58. The number of fused-ring (bicyclic) bond motifs is 6. The molecule has 2 fully saturated rings. The molecular formula is C22H32O5Si. The highest BCUT2D eigenvalue weighted by molar-refractivity contribution is 6.74. The maximum Gasteiger partial charge on any atom is 0.337 e. The van der Waals surface area contributed by atoms with E-state index in [0.29, 0.717) is 25.2 Å². The van der Waals surface area contributed by atoms with E-state index in [4.69, 9.17) is 9.16 Å². The second-order valence-electron chi connectivity index (χ2n) is 9.75. The van der Waals surface area contributed by atoms with Crippen LogP contribution in [0.15, 0.2) is 23.8 Å². The maximum atomic E-state index is 13.0. The summed E-state index contributed by atoms with van der Waals surface area (Å²) in [5.41, 5.74) is 0.423. The van der Waals surface area contributed by atoms with Gasteiger partial charge in [0.05, 0.1) is 12.2 Å². The van der Waals surface area contributed by atoms with Crippen LogP contribution < -0.4 is 0 Å². The summed E-state index contributed by atoms with van der Waals surface area (Å²) >= 11 is 0. The molecule has 0 spiro atoms. The van der Waals surface area contributed by atoms with E-state index >= 15 is 0 Å². The molecule has 3 aliphatic carbocycles. The predicted octanol–water partition coefficient (Wildman–Crippen LogP) is 3.70. The molecule has 3 rings (SSSR count). The number of allylic oxidation sites excluding steroid dienone is 2. The van der Waals surface area contributed by atoms with Crippen molar-refractivity contribution in [1.29, 1.82) is 0 Å². The van der Waals surface area contributed by atoms with Crippen molar-refractivity contribution in [3.8, 4) is 0 Å². The van der Waals surface area contributed by atoms with Gasteiger partial charge in [0.1, 0.15) is 11.6 Å². The number of rotatable bonds is 5. The molecule has 4 bridgehead atoms. The van der Waals surface area contributed by atoms with Crippen molar-refractivity contribution < 1.29 is 23.5 Å². The normalized spacial score (nSPS) is 32.2. The molecule has 0 unspecified atom stereocenters. The van der Waals surface area contributed by atoms with E-state index in [9.17, 15) is 14.4 Å². The van der Waals surface area contributed by atoms with Crippen LogP contribution >= 0.6 is 0 Å². The van der Waals surface area contributed by atoms with Gasteiger partial charge < -0.3 is 9.16 Å². The Morgan fingerprint density at radius 1 is 1.21 bits per heavy atom. The van der Waals surface area contributed by atoms with Gasteiger partial charge in [0.25, 0.3) is 0 Å². The van der Waals surface area contributed by atoms with Crippen molar-refractivity contribution in [1.82, 2.24) is 0 Å². The van der Waals surface area contributed by atoms with Crippen molar-refractivity contribution in [2.75, 3.05) is 13.2 Å². The van der Waals surface area contributed by atoms with Gasteiger partial charge >= 0.3 is 5.97 Å². The average molecular weight is 405 g/mol. The lowest BCUT2D eigenvalue weighted by atomic mass is 9.66. The average Bonchev–Trinajstić information content (AvgIpc) is 2.79. The van der Waals surface area contributed by atoms with E-state index in [-0.39, 0.29) is 34.4 Å². The van der Waals surface area contributed by atoms with Crippen LogP contribution in [-0.4, -0.2) is 39.1 Å². The van der Waals surface area contributed by atoms with Crippen LogP contribution in [0, 0.1) is 29.6 Å². The van der Waals surface area contributed by atoms with Crippen LogP contribution in [-0.2, 0) is 23.5 Å². The third-order valence-electron chi connectivity index (χ3n) is 7.12. The molecular weight excluding hydrogens is 372 g/mol. The first-order valence-corrected chi connectivity index (χ1v) is 13.2. The first-order valence-electron chi connectivity index (χ1n) is 10.3. The Labute approximate surface area is 168 Å². The molecule has 0 aromatic carbocycles. The smallest absolute Gasteiger partial charge is 0.337 e. The van der Waals surface area contributed by atoms with Crippen LogP contribution in [0.1, 0.15) is 34.1 Å². The van der Waals surface area contributed by atoms with E-state index in [1.165, 1.54) is 0 Å². The molecule has 28 heavy (non-hydrogen) atoms. The van der Waals surface area contributed by atoms with Crippen molar-refractivity contribution in [3.63, 3.8) is 0 Å². The summed E-state index contributed by atoms with van der Waals surface area (Å²) in [7, 11) is -1.95. The van der Waals surface area contributed by atoms with Gasteiger partial charge in [-0.3, -0.25) is 9.59 Å². The highest BCUT2D eigenvalue weighted by Crippen LogP contribution is 2.52. The van der Waals surface area contributed by atoms with Crippen molar-refractivity contribution in [3.05, 3.63) is 23.8 Å². The highest BCUT2D eigenvalue weighted by Gasteiger charge is 2.57. The number of Topliss-reactive ketones (excluding diaryl/α,β-unsaturated/α-hetero) is 2. The number of esters is 1. The molecule has 6 heteroatoms. The number of carbonyl (C=O) groups excluding carboxylic acids is 3. The maximum absolute atomic E-state index is 13.0. The first-order chi connectivity index (χ1) is 13.0. The van der Waals surface area contributed by atoms with Gasteiger partial charge in [0.2, 0.25) is 0 Å². The molecule has 3 aliphatic rings. The molecule has 154 valence electrons. The van der Waals surface area contributed by atoms with E-state index in [1.54, 1.807) is 25.2 Å². The number of ether oxygens (including phenoxy) is 1. The SMILES string of the molecule is CCOC(=O)C1=C[C@H]2C(=O)[C@@H](C=C1)[C@@H]1C(=O)C[C@H]2[C@H]1CO[Si](C)(C)C(C)(C)C. The van der Waals surface area contributed by atoms with Gasteiger partial charge in [-0.25, -0.2) is 4.79 Å². The van der Waals surface area contributed by atoms with Crippen molar-refractivity contribution in [2.24, 2.45) is 29.6 Å². The molecule has 0 saturated heterocycles. The summed E-state index contributed by atoms with van der Waals surface area (Å²) in [6.45, 7) is 13.6. The minimum absolute atomic E-state index is 0.0248. The largest absolute Gasteiger partial charge is 0.462 e. The summed E-state index contributed by atoms with van der Waals surface area (Å²) < 4.78 is 11.6. The zero-order valence-corrected chi connectivity index (χ0v) is 18.8. The lowest BCUT2D eigenvalue weighted by Gasteiger charge is -2.41. The van der Waals surface area contributed by atoms with Gasteiger partial charge in [-0.15, -0.1) is 0 Å². The molecule has 0 radical (unpaired) electrons. The molecule has 5 nitrogen and oxygen atoms in total. The molecule has 5 atom stereocenters. The summed E-state index contributed by atoms with van der Waals surface area (Å²) in [6.07, 6.45) is 5.54. The molecule has 0 amide bonds. The van der Waals surface area contributed by atoms with Crippen LogP contribution in [0.2, 0.25) is 18.1 Å². The topological polar surface area (TPSA) is 69.7 Å². The third-order valence-corrected chi connectivity index (χ3v) is 11.6. The van der Waals surface area contributed by atoms with Crippen LogP contribution in [0.4, 0.5) is 0 Å². The third kappa shape index (κ3) is 3.57. The predicted molar refractivity (Wildman–Crippen MR) is 109 cm³/mol. The Bertz CT molecular complexity index is 743. The number of ketones is 2. The standard InChI is InChI=1S/C22H32O5Si/c1-7-26-21(25)13-8-9-14-19-17(12-27-28(5,6)22(2,3)4)15(11-18(19)23)16(10-13)20(14)24/h8-10,14-17,19H,7,11-12H2,1-6H3/t14-,15+,16+,17+,19-/m0/s1. The zero-order valence-electron chi connectivity index (χ0n) is 17.8. The summed E-state index contributed by atoms with van der Waals surface area (Å²) in [4.78, 5) is 38.0. The van der Waals surface area contributed by atoms with Gasteiger partial charge in [-0.05, 0) is 36.9 Å². The van der Waals surface area contributed by atoms with Crippen LogP contribution in [0.3, 0.4) is 0 Å². The van der Waals surface area contributed by atoms with Gasteiger partial charge in [-0.2, -0.15) is 0 Å². The lowest BCUT2D eigenvalue weighted by Crippen LogP contribution is -2.47. The van der Waals surface area contributed by atoms with Crippen LogP contribution in [0.25, 0.3) is 0 Å². The van der Waals surface area contributed by atoms with E-state index in [2.05, 4.69) is 33.9 Å². The van der Waals surface area contributed by atoms with Gasteiger partial charge in [-0.1, -0.05) is 39.0 Å². The minimum atomic E-state index is -1.95. The Morgan fingerprint density at radius 3 is 2.50 bits per heavy atom. The summed E-state index contributed by atoms with van der Waals surface area (Å²) in [6, 6.07) is 0. The Balaban J connectivity index is 1.89. The van der Waals surface area contributed by atoms with Gasteiger partial charge in [0.15, 0.2) is 8.32 Å². The number of carbonyl (C=O) groups is 3. The Hall–Kier alpha value is -1.53. The molecule has 0 aliphatic heterocycles. The van der Waals surface area contributed by atoms with Gasteiger partial charge in [0, 0.05) is 30.8 Å². The van der Waals surface area contributed by atoms with Crippen molar-refractivity contribution in [2.45, 2.75) is 52.2 Å². The summed E-state index contributed by atoms with van der Waals surface area (Å²) in [5.74, 6) is -1.47. The van der Waals surface area contributed by atoms with Crippen LogP contribution in [0.5, 0.6) is 0 Å². The fourth-order valence-corrected chi connectivity index (χ4v) is 5.51. The zero-order chi connectivity index (χ0) is 20.9. The number of hydrogen-bond acceptors (Lipinski definition) is 5. The molecule has 0 heterocycles. The molecule has 0 N–H and O–H groups in total. The fraction of sp³-hybridized carbons (Fsp3) is 0.682. The second-order valence-corrected chi connectivity index (χ2v) is 14.6. The Morgan fingerprint density at radius 2 is 1.89 bits per heavy atom. The minimum Gasteiger partial charge on any atom is -0.462 e. The molecule has 2 saturated carbocycles. The van der Waals surface area contributed by atoms with Crippen molar-refractivity contribution >= 4 is 25.9 Å². The first kappa shape index (κ1) is 21.2. The highest BCUT2D eigenvalue weighted by atomic mass is 28.4. The monoisotopic (exact) mass is 404 g/mol. The molecule has 0 aromatic heterocycles. The summed E-state index contributed by atoms with van der Waals surface area (Å²) in [5, 5.41) is 0.0875. The number of hydrogen-bond donors (Lipinski definition) is 0. The lowest BCUT2D eigenvalue weighted by molar-refractivity contribution is -0.138. The second kappa shape index (κ2) is 7.37. The molecule has 0 aromatic rings.